The summed E-state index contributed by atoms with van der Waals surface area (Å²) in [4.78, 5) is 67.2. The maximum absolute atomic E-state index is 12.7. The molecule has 33 heavy (non-hydrogen) atoms. The Morgan fingerprint density at radius 2 is 1.91 bits per heavy atom. The van der Waals surface area contributed by atoms with E-state index in [4.69, 9.17) is 5.73 Å². The van der Waals surface area contributed by atoms with Gasteiger partial charge in [0.1, 0.15) is 18.1 Å². The molecule has 0 saturated carbocycles. The van der Waals surface area contributed by atoms with Crippen molar-refractivity contribution in [1.29, 1.82) is 0 Å². The Labute approximate surface area is 189 Å². The van der Waals surface area contributed by atoms with Crippen LogP contribution in [-0.4, -0.2) is 86.6 Å². The van der Waals surface area contributed by atoms with E-state index in [0.717, 1.165) is 6.42 Å². The number of aromatic amines is 1. The van der Waals surface area contributed by atoms with Gasteiger partial charge in [-0.05, 0) is 26.3 Å². The number of carbonyl (C=O) groups excluding carboxylic acids is 4. The van der Waals surface area contributed by atoms with Crippen LogP contribution >= 0.6 is 0 Å². The Balaban J connectivity index is 2.07. The van der Waals surface area contributed by atoms with Gasteiger partial charge in [-0.2, -0.15) is 0 Å². The minimum absolute atomic E-state index is 0.115. The van der Waals surface area contributed by atoms with E-state index in [-0.39, 0.29) is 6.42 Å². The molecule has 0 aromatic carbocycles. The number of H-pyrrole nitrogens is 1. The van der Waals surface area contributed by atoms with Crippen molar-refractivity contribution in [3.05, 3.63) is 18.2 Å². The predicted octanol–water partition coefficient (Wildman–Crippen LogP) is -3.50. The van der Waals surface area contributed by atoms with Crippen molar-refractivity contribution in [2.24, 2.45) is 5.73 Å². The third-order valence-corrected chi connectivity index (χ3v) is 5.07. The Hall–Kier alpha value is -3.52. The number of aromatic nitrogens is 2. The van der Waals surface area contributed by atoms with Crippen LogP contribution in [0.15, 0.2) is 12.5 Å². The number of hydrogen-bond donors (Lipinski definition) is 8. The van der Waals surface area contributed by atoms with Gasteiger partial charge in [0, 0.05) is 18.3 Å². The van der Waals surface area contributed by atoms with E-state index in [9.17, 15) is 34.2 Å². The van der Waals surface area contributed by atoms with Crippen LogP contribution in [0.25, 0.3) is 0 Å². The number of imidazole rings is 1. The zero-order chi connectivity index (χ0) is 24.5. The monoisotopic (exact) mass is 467 g/mol. The van der Waals surface area contributed by atoms with Crippen LogP contribution in [0.2, 0.25) is 0 Å². The standard InChI is InChI=1S/C19H29N7O7/c1-9(27)15(18(31)25-13(19(32)33)5-10-7-21-8-23-10)26-17(30)12(6-14(20)28)24-16(29)11-3-2-4-22-11/h7-9,11-13,15,22,27H,2-6H2,1H3,(H2,20,28)(H,21,23)(H,24,29)(H,25,31)(H,26,30)(H,32,33). The van der Waals surface area contributed by atoms with Crippen LogP contribution in [0.4, 0.5) is 0 Å². The molecular weight excluding hydrogens is 438 g/mol. The van der Waals surface area contributed by atoms with Gasteiger partial charge in [0.2, 0.25) is 23.6 Å². The number of aliphatic hydroxyl groups excluding tert-OH is 1. The van der Waals surface area contributed by atoms with Crippen molar-refractivity contribution in [1.82, 2.24) is 31.2 Å². The molecule has 14 heteroatoms. The summed E-state index contributed by atoms with van der Waals surface area (Å²) in [6.45, 7) is 1.86. The van der Waals surface area contributed by atoms with E-state index < -0.39 is 66.3 Å². The molecule has 0 bridgehead atoms. The van der Waals surface area contributed by atoms with Crippen molar-refractivity contribution in [3.8, 4) is 0 Å². The number of carboxylic acid groups (broad SMARTS) is 1. The molecule has 5 unspecified atom stereocenters. The molecule has 1 aromatic heterocycles. The van der Waals surface area contributed by atoms with Gasteiger partial charge in [0.15, 0.2) is 0 Å². The fourth-order valence-corrected chi connectivity index (χ4v) is 3.33. The molecule has 1 aliphatic rings. The molecular formula is C19H29N7O7. The van der Waals surface area contributed by atoms with Crippen molar-refractivity contribution in [2.75, 3.05) is 6.54 Å². The molecule has 14 nitrogen and oxygen atoms in total. The first-order valence-corrected chi connectivity index (χ1v) is 10.4. The second kappa shape index (κ2) is 11.9. The Morgan fingerprint density at radius 3 is 2.42 bits per heavy atom. The number of rotatable bonds is 12. The van der Waals surface area contributed by atoms with Gasteiger partial charge < -0.3 is 42.2 Å². The topological polar surface area (TPSA) is 229 Å². The highest BCUT2D eigenvalue weighted by atomic mass is 16.4. The number of primary amides is 1. The predicted molar refractivity (Wildman–Crippen MR) is 112 cm³/mol. The smallest absolute Gasteiger partial charge is 0.326 e. The highest BCUT2D eigenvalue weighted by molar-refractivity contribution is 5.96. The molecule has 1 aliphatic heterocycles. The Morgan fingerprint density at radius 1 is 1.18 bits per heavy atom. The Bertz CT molecular complexity index is 853. The van der Waals surface area contributed by atoms with Crippen LogP contribution in [0.3, 0.4) is 0 Å². The molecule has 0 radical (unpaired) electrons. The summed E-state index contributed by atoms with van der Waals surface area (Å²) < 4.78 is 0. The van der Waals surface area contributed by atoms with E-state index in [0.29, 0.717) is 18.7 Å². The average molecular weight is 467 g/mol. The number of aliphatic carboxylic acids is 1. The fourth-order valence-electron chi connectivity index (χ4n) is 3.33. The molecule has 182 valence electrons. The lowest BCUT2D eigenvalue weighted by Crippen LogP contribution is -2.60. The van der Waals surface area contributed by atoms with Crippen LogP contribution in [0.1, 0.15) is 31.9 Å². The van der Waals surface area contributed by atoms with Crippen molar-refractivity contribution < 1.29 is 34.2 Å². The lowest BCUT2D eigenvalue weighted by molar-refractivity contribution is -0.143. The molecule has 1 saturated heterocycles. The molecule has 5 atom stereocenters. The molecule has 4 amide bonds. The van der Waals surface area contributed by atoms with Gasteiger partial charge in [-0.3, -0.25) is 19.2 Å². The van der Waals surface area contributed by atoms with Gasteiger partial charge in [0.05, 0.1) is 24.9 Å². The van der Waals surface area contributed by atoms with Gasteiger partial charge in [-0.15, -0.1) is 0 Å². The van der Waals surface area contributed by atoms with E-state index in [1.807, 2.05) is 0 Å². The Kier molecular flexibility index (Phi) is 9.30. The molecule has 1 fully saturated rings. The minimum atomic E-state index is -1.56. The highest BCUT2D eigenvalue weighted by Crippen LogP contribution is 2.07. The summed E-state index contributed by atoms with van der Waals surface area (Å²) in [5.41, 5.74) is 5.64. The van der Waals surface area contributed by atoms with Crippen LogP contribution in [-0.2, 0) is 30.4 Å². The number of nitrogens with zero attached hydrogens (tertiary/aromatic N) is 1. The number of aliphatic hydroxyl groups is 1. The van der Waals surface area contributed by atoms with Gasteiger partial charge in [-0.1, -0.05) is 0 Å². The summed E-state index contributed by atoms with van der Waals surface area (Å²) in [5.74, 6) is -4.60. The highest BCUT2D eigenvalue weighted by Gasteiger charge is 2.34. The third kappa shape index (κ3) is 7.84. The zero-order valence-corrected chi connectivity index (χ0v) is 18.0. The third-order valence-electron chi connectivity index (χ3n) is 5.07. The van der Waals surface area contributed by atoms with Crippen LogP contribution in [0.5, 0.6) is 0 Å². The maximum Gasteiger partial charge on any atom is 0.326 e. The molecule has 2 rings (SSSR count). The summed E-state index contributed by atoms with van der Waals surface area (Å²) in [6.07, 6.45) is 2.01. The first-order valence-electron chi connectivity index (χ1n) is 10.4. The van der Waals surface area contributed by atoms with E-state index in [2.05, 4.69) is 31.2 Å². The number of nitrogens with two attached hydrogens (primary N) is 1. The van der Waals surface area contributed by atoms with Crippen molar-refractivity contribution >= 4 is 29.6 Å². The van der Waals surface area contributed by atoms with Crippen LogP contribution in [0, 0.1) is 0 Å². The second-order valence-electron chi connectivity index (χ2n) is 7.79. The lowest BCUT2D eigenvalue weighted by atomic mass is 10.1. The normalized spacial score (nSPS) is 19.0. The summed E-state index contributed by atoms with van der Waals surface area (Å²) in [7, 11) is 0. The lowest BCUT2D eigenvalue weighted by Gasteiger charge is -2.26. The van der Waals surface area contributed by atoms with Crippen molar-refractivity contribution in [3.63, 3.8) is 0 Å². The van der Waals surface area contributed by atoms with Gasteiger partial charge in [-0.25, -0.2) is 9.78 Å². The summed E-state index contributed by atoms with van der Waals surface area (Å²) in [5, 5.41) is 29.3. The van der Waals surface area contributed by atoms with Gasteiger partial charge in [0.25, 0.3) is 0 Å². The van der Waals surface area contributed by atoms with E-state index in [1.54, 1.807) is 0 Å². The first kappa shape index (κ1) is 25.7. The first-order chi connectivity index (χ1) is 15.6. The number of carbonyl (C=O) groups is 5. The van der Waals surface area contributed by atoms with E-state index >= 15 is 0 Å². The molecule has 1 aromatic rings. The quantitative estimate of drug-likeness (QED) is 0.152. The number of amides is 4. The average Bonchev–Trinajstić information content (AvgIpc) is 3.44. The number of hydrogen-bond acceptors (Lipinski definition) is 8. The minimum Gasteiger partial charge on any atom is -0.480 e. The largest absolute Gasteiger partial charge is 0.480 e. The van der Waals surface area contributed by atoms with Gasteiger partial charge >= 0.3 is 5.97 Å². The number of carboxylic acids is 1. The SMILES string of the molecule is CC(O)C(NC(=O)C(CC(N)=O)NC(=O)C1CCCN1)C(=O)NC(Cc1cnc[nH]1)C(=O)O. The summed E-state index contributed by atoms with van der Waals surface area (Å²) in [6, 6.07) is -4.83. The fraction of sp³-hybridized carbons (Fsp3) is 0.579. The number of nitrogens with one attached hydrogen (secondary N) is 5. The molecule has 2 heterocycles. The maximum atomic E-state index is 12.7. The zero-order valence-electron chi connectivity index (χ0n) is 18.0. The van der Waals surface area contributed by atoms with Crippen LogP contribution < -0.4 is 27.0 Å². The van der Waals surface area contributed by atoms with Crippen molar-refractivity contribution in [2.45, 2.75) is 62.9 Å². The molecule has 0 spiro atoms. The van der Waals surface area contributed by atoms with E-state index in [1.165, 1.54) is 19.4 Å². The summed E-state index contributed by atoms with van der Waals surface area (Å²) >= 11 is 0. The second-order valence-corrected chi connectivity index (χ2v) is 7.79. The molecule has 0 aliphatic carbocycles. The molecule has 9 N–H and O–H groups in total.